The average molecular weight is 632 g/mol. The van der Waals surface area contributed by atoms with E-state index in [9.17, 15) is 14.4 Å². The molecule has 1 fully saturated rings. The first kappa shape index (κ1) is 36.1. The first-order valence-electron chi connectivity index (χ1n) is 12.7. The number of carbonyl (C=O) groups is 3. The number of aromatic hydroxyl groups is 3. The van der Waals surface area contributed by atoms with Crippen LogP contribution >= 0.6 is 0 Å². The van der Waals surface area contributed by atoms with Gasteiger partial charge >= 0.3 is 35.0 Å². The minimum absolute atomic E-state index is 0. The Balaban J connectivity index is 0.000000286. The maximum atomic E-state index is 10.3. The Morgan fingerprint density at radius 3 is 1.33 bits per heavy atom. The maximum Gasteiger partial charge on any atom is 2.00 e. The molecule has 6 N–H and O–H groups in total. The van der Waals surface area contributed by atoms with Crippen molar-refractivity contribution in [1.82, 2.24) is 9.88 Å². The number of likely N-dealkylation sites (tertiary alicyclic amines) is 1. The van der Waals surface area contributed by atoms with Crippen molar-refractivity contribution in [2.45, 2.75) is 18.9 Å². The van der Waals surface area contributed by atoms with Gasteiger partial charge in [0.15, 0.2) is 0 Å². The third kappa shape index (κ3) is 11.9. The third-order valence-electron chi connectivity index (χ3n) is 5.99. The number of hydrogen-bond acceptors (Lipinski definition) is 8. The van der Waals surface area contributed by atoms with Crippen LogP contribution in [-0.4, -0.2) is 72.0 Å². The molecule has 0 aliphatic carbocycles. The van der Waals surface area contributed by atoms with E-state index < -0.39 is 17.9 Å². The number of rotatable bonds is 4. The van der Waals surface area contributed by atoms with Crippen molar-refractivity contribution in [2.24, 2.45) is 0 Å². The quantitative estimate of drug-likeness (QED) is 0.164. The molecule has 0 bridgehead atoms. The second kappa shape index (κ2) is 18.5. The van der Waals surface area contributed by atoms with E-state index in [-0.39, 0.29) is 51.0 Å². The summed E-state index contributed by atoms with van der Waals surface area (Å²) < 4.78 is 0. The van der Waals surface area contributed by atoms with Gasteiger partial charge in [-0.3, -0.25) is 9.88 Å². The zero-order valence-electron chi connectivity index (χ0n) is 23.1. The zero-order chi connectivity index (χ0) is 31.1. The fourth-order valence-corrected chi connectivity index (χ4v) is 3.87. The van der Waals surface area contributed by atoms with E-state index in [4.69, 9.17) is 30.6 Å². The van der Waals surface area contributed by atoms with Crippen molar-refractivity contribution in [1.29, 1.82) is 0 Å². The van der Waals surface area contributed by atoms with Crippen molar-refractivity contribution < 1.29 is 62.1 Å². The fourth-order valence-electron chi connectivity index (χ4n) is 3.87. The molecule has 1 radical (unpaired) electrons. The van der Waals surface area contributed by atoms with Gasteiger partial charge < -0.3 is 30.6 Å². The van der Waals surface area contributed by atoms with Crippen molar-refractivity contribution >= 4 is 17.9 Å². The molecule has 3 aromatic carbocycles. The molecule has 1 aliphatic rings. The Kier molecular flexibility index (Phi) is 15.6. The summed E-state index contributed by atoms with van der Waals surface area (Å²) in [5, 5.41) is 51.9. The van der Waals surface area contributed by atoms with E-state index in [1.165, 1.54) is 61.3 Å². The molecule has 1 aliphatic heterocycles. The Hall–Kier alpha value is -4.90. The van der Waals surface area contributed by atoms with Crippen LogP contribution in [0.4, 0.5) is 0 Å². The summed E-state index contributed by atoms with van der Waals surface area (Å²) in [4.78, 5) is 37.3. The summed E-state index contributed by atoms with van der Waals surface area (Å²) in [6.45, 7) is 1.22. The largest absolute Gasteiger partial charge is 2.00 e. The Bertz CT molecular complexity index is 1340. The molecular weight excluding hydrogens is 599 g/mol. The normalized spacial score (nSPS) is 13.3. The van der Waals surface area contributed by atoms with Gasteiger partial charge in [-0.2, -0.15) is 0 Å². The van der Waals surface area contributed by atoms with Gasteiger partial charge in [-0.05, 0) is 74.5 Å². The first-order valence-corrected chi connectivity index (χ1v) is 12.7. The van der Waals surface area contributed by atoms with Gasteiger partial charge in [-0.25, -0.2) is 14.4 Å². The number of aromatic carboxylic acids is 3. The van der Waals surface area contributed by atoms with Crippen molar-refractivity contribution in [3.8, 4) is 17.2 Å². The molecule has 0 saturated carbocycles. The standard InChI is InChI=1S/C10H14N2.3C7H6O3.Mn/c1-12-7-3-5-10(12)9-4-2-6-11-8-9;3*8-6-4-2-1-3-5(6)7(9)10;/h2,4,6,8,10H,3,5,7H2,1H3;3*1-4,8H,(H,9,10);/q;;;;+2. The molecular formula is C31H32MnN2O9+2. The van der Waals surface area contributed by atoms with Gasteiger partial charge in [0, 0.05) is 18.4 Å². The van der Waals surface area contributed by atoms with E-state index in [1.54, 1.807) is 36.4 Å². The number of pyridine rings is 1. The van der Waals surface area contributed by atoms with Crippen LogP contribution in [0.3, 0.4) is 0 Å². The van der Waals surface area contributed by atoms with Crippen molar-refractivity contribution in [2.75, 3.05) is 13.6 Å². The van der Waals surface area contributed by atoms with Gasteiger partial charge in [-0.1, -0.05) is 42.5 Å². The van der Waals surface area contributed by atoms with Crippen LogP contribution in [0.2, 0.25) is 0 Å². The molecule has 1 unspecified atom stereocenters. The number of carboxylic acid groups (broad SMARTS) is 3. The van der Waals surface area contributed by atoms with Crippen LogP contribution < -0.4 is 0 Å². The predicted octanol–water partition coefficient (Wildman–Crippen LogP) is 5.12. The number of carboxylic acids is 3. The number of phenols is 3. The summed E-state index contributed by atoms with van der Waals surface area (Å²) in [6.07, 6.45) is 6.41. The molecule has 0 amide bonds. The third-order valence-corrected chi connectivity index (χ3v) is 5.99. The van der Waals surface area contributed by atoms with E-state index >= 15 is 0 Å². The number of benzene rings is 3. The second-order valence-corrected chi connectivity index (χ2v) is 8.89. The van der Waals surface area contributed by atoms with E-state index in [2.05, 4.69) is 23.0 Å². The van der Waals surface area contributed by atoms with Crippen LogP contribution in [0.1, 0.15) is 55.5 Å². The van der Waals surface area contributed by atoms with E-state index in [1.807, 2.05) is 18.5 Å². The van der Waals surface area contributed by atoms with Gasteiger partial charge in [0.05, 0.1) is 0 Å². The summed E-state index contributed by atoms with van der Waals surface area (Å²) in [5.74, 6) is -3.94. The summed E-state index contributed by atoms with van der Waals surface area (Å²) in [6, 6.07) is 22.2. The molecule has 1 aromatic heterocycles. The summed E-state index contributed by atoms with van der Waals surface area (Å²) in [7, 11) is 2.19. The Morgan fingerprint density at radius 2 is 1.07 bits per heavy atom. The minimum atomic E-state index is -1.11. The minimum Gasteiger partial charge on any atom is -0.507 e. The zero-order valence-corrected chi connectivity index (χ0v) is 24.3. The molecule has 0 spiro atoms. The van der Waals surface area contributed by atoms with Gasteiger partial charge in [0.25, 0.3) is 0 Å². The van der Waals surface area contributed by atoms with Crippen molar-refractivity contribution in [3.05, 3.63) is 120 Å². The number of para-hydroxylation sites is 3. The van der Waals surface area contributed by atoms with Crippen LogP contribution in [0.25, 0.3) is 0 Å². The monoisotopic (exact) mass is 631 g/mol. The maximum absolute atomic E-state index is 10.3. The van der Waals surface area contributed by atoms with Crippen molar-refractivity contribution in [3.63, 3.8) is 0 Å². The molecule has 43 heavy (non-hydrogen) atoms. The molecule has 2 heterocycles. The second-order valence-electron chi connectivity index (χ2n) is 8.89. The SMILES string of the molecule is CN1CCCC1c1cccnc1.O=C(O)c1ccccc1O.O=C(O)c1ccccc1O.O=C(O)c1ccccc1O.[Mn+2]. The molecule has 5 rings (SSSR count). The summed E-state index contributed by atoms with van der Waals surface area (Å²) in [5.41, 5.74) is 1.16. The van der Waals surface area contributed by atoms with Gasteiger partial charge in [0.1, 0.15) is 33.9 Å². The first-order chi connectivity index (χ1) is 20.0. The van der Waals surface area contributed by atoms with Crippen LogP contribution in [-0.2, 0) is 17.1 Å². The van der Waals surface area contributed by atoms with Gasteiger partial charge in [-0.15, -0.1) is 0 Å². The smallest absolute Gasteiger partial charge is 0.507 e. The average Bonchev–Trinajstić information content (AvgIpc) is 3.40. The molecule has 1 atom stereocenters. The topological polar surface area (TPSA) is 189 Å². The molecule has 1 saturated heterocycles. The number of nitrogens with zero attached hydrogens (tertiary/aromatic N) is 2. The fraction of sp³-hybridized carbons (Fsp3) is 0.161. The molecule has 11 nitrogen and oxygen atoms in total. The van der Waals surface area contributed by atoms with E-state index in [0.717, 1.165) is 0 Å². The molecule has 225 valence electrons. The Morgan fingerprint density at radius 1 is 0.674 bits per heavy atom. The van der Waals surface area contributed by atoms with Crippen LogP contribution in [0.15, 0.2) is 97.3 Å². The number of aromatic nitrogens is 1. The molecule has 4 aromatic rings. The van der Waals surface area contributed by atoms with E-state index in [0.29, 0.717) is 6.04 Å². The van der Waals surface area contributed by atoms with Gasteiger partial charge in [0.2, 0.25) is 0 Å². The van der Waals surface area contributed by atoms with Crippen LogP contribution in [0.5, 0.6) is 17.2 Å². The Labute approximate surface area is 258 Å². The number of hydrogen-bond donors (Lipinski definition) is 6. The summed E-state index contributed by atoms with van der Waals surface area (Å²) >= 11 is 0. The molecule has 12 heteroatoms. The van der Waals surface area contributed by atoms with Crippen LogP contribution in [0, 0.1) is 0 Å². The predicted molar refractivity (Wildman–Crippen MR) is 154 cm³/mol.